The van der Waals surface area contributed by atoms with Crippen LogP contribution >= 0.6 is 0 Å². The molecule has 1 N–H and O–H groups in total. The number of para-hydroxylation sites is 1. The summed E-state index contributed by atoms with van der Waals surface area (Å²) in [6.45, 7) is 2.02. The van der Waals surface area contributed by atoms with Gasteiger partial charge in [-0.2, -0.15) is 0 Å². The van der Waals surface area contributed by atoms with E-state index in [1.165, 1.54) is 0 Å². The first-order valence-corrected chi connectivity index (χ1v) is 4.79. The molecule has 1 aromatic carbocycles. The van der Waals surface area contributed by atoms with Gasteiger partial charge in [0.05, 0.1) is 0 Å². The Labute approximate surface area is 83.3 Å². The summed E-state index contributed by atoms with van der Waals surface area (Å²) in [6.07, 6.45) is 0.582. The van der Waals surface area contributed by atoms with E-state index in [4.69, 9.17) is 14.6 Å². The molecule has 1 aromatic rings. The highest BCUT2D eigenvalue weighted by Crippen LogP contribution is 2.40. The van der Waals surface area contributed by atoms with Crippen LogP contribution < -0.4 is 4.74 Å². The summed E-state index contributed by atoms with van der Waals surface area (Å²) >= 11 is 0. The molecule has 0 radical (unpaired) electrons. The van der Waals surface area contributed by atoms with E-state index < -0.39 is 5.79 Å². The molecule has 76 valence electrons. The monoisotopic (exact) mass is 194 g/mol. The molecule has 0 amide bonds. The standard InChI is InChI=1S/C11H14O3/c1-9-11(13-9,7-8-12)14-10-5-3-2-4-6-10/h2-6,9,12H,7-8H2,1H3. The van der Waals surface area contributed by atoms with Gasteiger partial charge in [-0.25, -0.2) is 0 Å². The van der Waals surface area contributed by atoms with Crippen molar-refractivity contribution in [2.75, 3.05) is 6.61 Å². The van der Waals surface area contributed by atoms with Crippen LogP contribution in [0.5, 0.6) is 5.75 Å². The molecule has 1 aliphatic heterocycles. The molecule has 0 aliphatic carbocycles. The summed E-state index contributed by atoms with van der Waals surface area (Å²) in [5.74, 6) is 0.195. The summed E-state index contributed by atoms with van der Waals surface area (Å²) in [6, 6.07) is 9.52. The van der Waals surface area contributed by atoms with Crippen LogP contribution in [-0.2, 0) is 4.74 Å². The molecule has 0 aromatic heterocycles. The second-order valence-corrected chi connectivity index (χ2v) is 3.46. The SMILES string of the molecule is CC1OC1(CCO)Oc1ccccc1. The summed E-state index contributed by atoms with van der Waals surface area (Å²) in [5.41, 5.74) is 0. The minimum absolute atomic E-state index is 0.0647. The van der Waals surface area contributed by atoms with Crippen LogP contribution in [0.4, 0.5) is 0 Å². The van der Waals surface area contributed by atoms with Crippen LogP contribution in [0.25, 0.3) is 0 Å². The molecule has 3 nitrogen and oxygen atoms in total. The quantitative estimate of drug-likeness (QED) is 0.739. The lowest BCUT2D eigenvalue weighted by molar-refractivity contribution is 0.0377. The number of benzene rings is 1. The number of aliphatic hydroxyl groups is 1. The fourth-order valence-corrected chi connectivity index (χ4v) is 1.53. The minimum atomic E-state index is -0.587. The number of rotatable bonds is 4. The predicted octanol–water partition coefficient (Wildman–Crippen LogP) is 1.56. The molecular weight excluding hydrogens is 180 g/mol. The smallest absolute Gasteiger partial charge is 0.239 e. The lowest BCUT2D eigenvalue weighted by Crippen LogP contribution is -2.24. The van der Waals surface area contributed by atoms with Gasteiger partial charge < -0.3 is 14.6 Å². The van der Waals surface area contributed by atoms with E-state index >= 15 is 0 Å². The van der Waals surface area contributed by atoms with Crippen LogP contribution in [-0.4, -0.2) is 23.6 Å². The molecule has 14 heavy (non-hydrogen) atoms. The molecule has 1 heterocycles. The summed E-state index contributed by atoms with van der Waals surface area (Å²) in [5, 5.41) is 8.88. The number of hydrogen-bond acceptors (Lipinski definition) is 3. The fourth-order valence-electron chi connectivity index (χ4n) is 1.53. The van der Waals surface area contributed by atoms with Crippen LogP contribution in [0.1, 0.15) is 13.3 Å². The summed E-state index contributed by atoms with van der Waals surface area (Å²) < 4.78 is 11.0. The second kappa shape index (κ2) is 3.59. The number of ether oxygens (including phenoxy) is 2. The van der Waals surface area contributed by atoms with Crippen molar-refractivity contribution in [3.05, 3.63) is 30.3 Å². The normalized spacial score (nSPS) is 30.0. The van der Waals surface area contributed by atoms with Crippen LogP contribution in [0, 0.1) is 0 Å². The van der Waals surface area contributed by atoms with Crippen LogP contribution in [0.2, 0.25) is 0 Å². The molecule has 0 spiro atoms. The molecule has 1 fully saturated rings. The summed E-state index contributed by atoms with van der Waals surface area (Å²) in [4.78, 5) is 0. The van der Waals surface area contributed by atoms with E-state index in [1.807, 2.05) is 37.3 Å². The molecule has 2 atom stereocenters. The van der Waals surface area contributed by atoms with E-state index in [0.717, 1.165) is 5.75 Å². The average Bonchev–Trinajstić information content (AvgIpc) is 2.78. The zero-order valence-corrected chi connectivity index (χ0v) is 8.14. The number of aliphatic hydroxyl groups excluding tert-OH is 1. The average molecular weight is 194 g/mol. The van der Waals surface area contributed by atoms with Gasteiger partial charge in [-0.1, -0.05) is 18.2 Å². The van der Waals surface area contributed by atoms with Crippen molar-refractivity contribution >= 4 is 0 Å². The van der Waals surface area contributed by atoms with Gasteiger partial charge in [-0.3, -0.25) is 0 Å². The topological polar surface area (TPSA) is 42.0 Å². The largest absolute Gasteiger partial charge is 0.459 e. The molecule has 1 aliphatic rings. The first-order chi connectivity index (χ1) is 6.77. The van der Waals surface area contributed by atoms with Gasteiger partial charge in [-0.05, 0) is 19.1 Å². The van der Waals surface area contributed by atoms with Gasteiger partial charge in [0, 0.05) is 13.0 Å². The van der Waals surface area contributed by atoms with Crippen molar-refractivity contribution in [3.63, 3.8) is 0 Å². The van der Waals surface area contributed by atoms with Crippen LogP contribution in [0.3, 0.4) is 0 Å². The Kier molecular flexibility index (Phi) is 2.44. The van der Waals surface area contributed by atoms with Gasteiger partial charge in [0.15, 0.2) is 0 Å². The van der Waals surface area contributed by atoms with Crippen LogP contribution in [0.15, 0.2) is 30.3 Å². The molecule has 1 saturated heterocycles. The number of epoxide rings is 1. The third kappa shape index (κ3) is 1.74. The van der Waals surface area contributed by atoms with E-state index in [0.29, 0.717) is 6.42 Å². The maximum Gasteiger partial charge on any atom is 0.239 e. The minimum Gasteiger partial charge on any atom is -0.459 e. The maximum atomic E-state index is 8.88. The Morgan fingerprint density at radius 2 is 2.07 bits per heavy atom. The fraction of sp³-hybridized carbons (Fsp3) is 0.455. The molecule has 2 rings (SSSR count). The zero-order valence-electron chi connectivity index (χ0n) is 8.14. The molecule has 0 saturated carbocycles. The van der Waals surface area contributed by atoms with E-state index in [1.54, 1.807) is 0 Å². The van der Waals surface area contributed by atoms with Gasteiger partial charge in [0.1, 0.15) is 11.9 Å². The maximum absolute atomic E-state index is 8.88. The molecule has 2 unspecified atom stereocenters. The van der Waals surface area contributed by atoms with Crippen molar-refractivity contribution in [2.24, 2.45) is 0 Å². The van der Waals surface area contributed by atoms with Gasteiger partial charge in [0.25, 0.3) is 0 Å². The second-order valence-electron chi connectivity index (χ2n) is 3.46. The summed E-state index contributed by atoms with van der Waals surface area (Å²) in [7, 11) is 0. The zero-order chi connectivity index (χ0) is 10.0. The lowest BCUT2D eigenvalue weighted by Gasteiger charge is -2.13. The van der Waals surface area contributed by atoms with Gasteiger partial charge in [0.2, 0.25) is 5.79 Å². The molecular formula is C11H14O3. The van der Waals surface area contributed by atoms with Gasteiger partial charge in [-0.15, -0.1) is 0 Å². The van der Waals surface area contributed by atoms with Crippen molar-refractivity contribution < 1.29 is 14.6 Å². The van der Waals surface area contributed by atoms with Crippen molar-refractivity contribution in [1.29, 1.82) is 0 Å². The Morgan fingerprint density at radius 1 is 1.43 bits per heavy atom. The van der Waals surface area contributed by atoms with Crippen molar-refractivity contribution in [2.45, 2.75) is 25.2 Å². The van der Waals surface area contributed by atoms with Crippen molar-refractivity contribution in [1.82, 2.24) is 0 Å². The highest BCUT2D eigenvalue weighted by molar-refractivity contribution is 5.22. The highest BCUT2D eigenvalue weighted by atomic mass is 16.8. The first-order valence-electron chi connectivity index (χ1n) is 4.79. The van der Waals surface area contributed by atoms with E-state index in [2.05, 4.69) is 0 Å². The third-order valence-electron chi connectivity index (χ3n) is 2.43. The highest BCUT2D eigenvalue weighted by Gasteiger charge is 2.56. The van der Waals surface area contributed by atoms with Crippen molar-refractivity contribution in [3.8, 4) is 5.75 Å². The Bertz CT molecular complexity index is 299. The van der Waals surface area contributed by atoms with E-state index in [9.17, 15) is 0 Å². The molecule has 0 bridgehead atoms. The lowest BCUT2D eigenvalue weighted by atomic mass is 10.2. The molecule has 3 heteroatoms. The van der Waals surface area contributed by atoms with Gasteiger partial charge >= 0.3 is 0 Å². The van der Waals surface area contributed by atoms with E-state index in [-0.39, 0.29) is 12.7 Å². The number of hydrogen-bond donors (Lipinski definition) is 1. The first kappa shape index (κ1) is 9.49. The Hall–Kier alpha value is -1.06. The third-order valence-corrected chi connectivity index (χ3v) is 2.43. The predicted molar refractivity (Wildman–Crippen MR) is 52.1 cm³/mol. The Morgan fingerprint density at radius 3 is 2.57 bits per heavy atom. The Balaban J connectivity index is 2.03.